The maximum atomic E-state index is 13.7. The summed E-state index contributed by atoms with van der Waals surface area (Å²) >= 11 is 1.12. The maximum Gasteiger partial charge on any atom is 0.352 e. The number of hydrogen-bond donors (Lipinski definition) is 6. The first-order valence-corrected chi connectivity index (χ1v) is 14.9. The highest BCUT2D eigenvalue weighted by molar-refractivity contribution is 8.00. The number of benzene rings is 2. The molecule has 2 aliphatic heterocycles. The van der Waals surface area contributed by atoms with Crippen LogP contribution in [0, 0.1) is 0 Å². The van der Waals surface area contributed by atoms with Crippen LogP contribution < -0.4 is 20.8 Å². The zero-order valence-electron chi connectivity index (χ0n) is 24.6. The largest absolute Gasteiger partial charge is 0.504 e. The Morgan fingerprint density at radius 2 is 1.75 bits per heavy atom. The van der Waals surface area contributed by atoms with Gasteiger partial charge in [0.2, 0.25) is 11.3 Å². The summed E-state index contributed by atoms with van der Waals surface area (Å²) in [5, 5.41) is 42.0. The Hall–Kier alpha value is -6.04. The summed E-state index contributed by atoms with van der Waals surface area (Å²) in [5.41, 5.74) is -1.68. The number of hydrogen-bond acceptors (Lipinski definition) is 13. The zero-order chi connectivity index (χ0) is 34.9. The van der Waals surface area contributed by atoms with Crippen LogP contribution in [0.5, 0.6) is 17.2 Å². The summed E-state index contributed by atoms with van der Waals surface area (Å²) in [7, 11) is 0. The summed E-state index contributed by atoms with van der Waals surface area (Å²) in [4.78, 5) is 88.5. The summed E-state index contributed by atoms with van der Waals surface area (Å²) in [5.74, 6) is -7.15. The van der Waals surface area contributed by atoms with Gasteiger partial charge in [-0.05, 0) is 23.8 Å². The van der Waals surface area contributed by atoms with Gasteiger partial charge < -0.3 is 45.0 Å². The first-order valence-electron chi connectivity index (χ1n) is 13.8. The molecular weight excluding hydrogens is 658 g/mol. The standard InChI is InChI=1S/C30H25N3O14S/c1-12(34)45-8-14-11-48-29-23(28(42)33(29)24(14)30(43)44)32-27(41)22(13-2-4-15(5-3-13)46-10-21(37)38)31-26(40)17-9-47-20-7-19(36)18(35)6-16(20)25(17)39/h2-7,9,22-23,29,35-36H,8,10-11H2,1H3,(H,31,40)(H,32,41)(H,37,38)(H,43,44)/t22?,23-,29-/m1/s1. The number of aliphatic carboxylic acids is 2. The van der Waals surface area contributed by atoms with E-state index in [4.69, 9.17) is 19.0 Å². The van der Waals surface area contributed by atoms with E-state index in [-0.39, 0.29) is 45.9 Å². The number of ether oxygens (including phenoxy) is 2. The molecule has 3 heterocycles. The smallest absolute Gasteiger partial charge is 0.352 e. The summed E-state index contributed by atoms with van der Waals surface area (Å²) in [6.07, 6.45) is 0.799. The van der Waals surface area contributed by atoms with E-state index in [1.165, 1.54) is 24.3 Å². The van der Waals surface area contributed by atoms with Gasteiger partial charge in [0.25, 0.3) is 11.8 Å². The number of phenolic OH excluding ortho intramolecular Hbond substituents is 2. The molecule has 3 amide bonds. The normalized spacial score (nSPS) is 17.5. The Morgan fingerprint density at radius 1 is 1.06 bits per heavy atom. The minimum atomic E-state index is -1.57. The molecule has 17 nitrogen and oxygen atoms in total. The molecule has 2 aromatic carbocycles. The van der Waals surface area contributed by atoms with Crippen LogP contribution >= 0.6 is 11.8 Å². The Labute approximate surface area is 272 Å². The Kier molecular flexibility index (Phi) is 9.28. The summed E-state index contributed by atoms with van der Waals surface area (Å²) in [6.45, 7) is 0.149. The Bertz CT molecular complexity index is 1950. The van der Waals surface area contributed by atoms with Gasteiger partial charge in [-0.25, -0.2) is 9.59 Å². The molecule has 1 saturated heterocycles. The molecule has 0 saturated carbocycles. The molecular formula is C30H25N3O14S. The highest BCUT2D eigenvalue weighted by atomic mass is 32.2. The van der Waals surface area contributed by atoms with E-state index in [1.807, 2.05) is 0 Å². The fraction of sp³-hybridized carbons (Fsp3) is 0.233. The molecule has 0 bridgehead atoms. The molecule has 6 N–H and O–H groups in total. The number of carbonyl (C=O) groups excluding carboxylic acids is 4. The lowest BCUT2D eigenvalue weighted by Gasteiger charge is -2.49. The second kappa shape index (κ2) is 13.4. The van der Waals surface area contributed by atoms with E-state index >= 15 is 0 Å². The summed E-state index contributed by atoms with van der Waals surface area (Å²) < 4.78 is 15.3. The van der Waals surface area contributed by atoms with Crippen molar-refractivity contribution in [3.8, 4) is 17.2 Å². The predicted molar refractivity (Wildman–Crippen MR) is 162 cm³/mol. The molecule has 5 rings (SSSR count). The minimum Gasteiger partial charge on any atom is -0.504 e. The van der Waals surface area contributed by atoms with Gasteiger partial charge in [-0.3, -0.25) is 28.9 Å². The highest BCUT2D eigenvalue weighted by Crippen LogP contribution is 2.40. The van der Waals surface area contributed by atoms with Crippen molar-refractivity contribution in [3.05, 3.63) is 75.3 Å². The van der Waals surface area contributed by atoms with Gasteiger partial charge in [0, 0.05) is 24.3 Å². The fourth-order valence-corrected chi connectivity index (χ4v) is 6.27. The molecule has 1 unspecified atom stereocenters. The molecule has 0 radical (unpaired) electrons. The van der Waals surface area contributed by atoms with Crippen molar-refractivity contribution in [1.82, 2.24) is 15.5 Å². The Morgan fingerprint density at radius 3 is 2.40 bits per heavy atom. The van der Waals surface area contributed by atoms with Crippen molar-refractivity contribution in [2.45, 2.75) is 24.4 Å². The van der Waals surface area contributed by atoms with E-state index in [1.54, 1.807) is 0 Å². The van der Waals surface area contributed by atoms with Gasteiger partial charge in [-0.2, -0.15) is 0 Å². The lowest BCUT2D eigenvalue weighted by Crippen LogP contribution is -2.71. The number of nitrogens with one attached hydrogen (secondary N) is 2. The number of phenols is 2. The topological polar surface area (TPSA) is 259 Å². The maximum absolute atomic E-state index is 13.7. The van der Waals surface area contributed by atoms with Crippen LogP contribution in [-0.4, -0.2) is 91.3 Å². The number of aromatic hydroxyl groups is 2. The SMILES string of the molecule is CC(=O)OCC1=C(C(=O)O)N2C(=O)[C@@H](NC(=O)C(NC(=O)c3coc4cc(O)c(O)cc4c3=O)c3ccc(OCC(=O)O)cc3)[C@H]2SC1. The van der Waals surface area contributed by atoms with Gasteiger partial charge in [0.05, 0.1) is 5.39 Å². The number of carboxylic acids is 2. The molecule has 1 fully saturated rings. The molecule has 18 heteroatoms. The second-order valence-corrected chi connectivity index (χ2v) is 11.5. The third-order valence-electron chi connectivity index (χ3n) is 7.22. The number of β-lactam (4-membered cyclic amide) rings is 1. The lowest BCUT2D eigenvalue weighted by molar-refractivity contribution is -0.151. The van der Waals surface area contributed by atoms with Crippen molar-refractivity contribution < 1.29 is 63.1 Å². The second-order valence-electron chi connectivity index (χ2n) is 10.4. The Balaban J connectivity index is 1.42. The molecule has 0 aliphatic carbocycles. The van der Waals surface area contributed by atoms with Gasteiger partial charge >= 0.3 is 17.9 Å². The van der Waals surface area contributed by atoms with Gasteiger partial charge in [-0.15, -0.1) is 11.8 Å². The predicted octanol–water partition coefficient (Wildman–Crippen LogP) is 0.440. The lowest BCUT2D eigenvalue weighted by atomic mass is 10.0. The van der Waals surface area contributed by atoms with Crippen LogP contribution in [0.2, 0.25) is 0 Å². The van der Waals surface area contributed by atoms with E-state index in [9.17, 15) is 48.9 Å². The number of fused-ring (bicyclic) bond motifs is 2. The molecule has 0 spiro atoms. The molecule has 1 aromatic heterocycles. The average molecular weight is 684 g/mol. The highest BCUT2D eigenvalue weighted by Gasteiger charge is 2.54. The van der Waals surface area contributed by atoms with Crippen LogP contribution in [0.3, 0.4) is 0 Å². The van der Waals surface area contributed by atoms with Crippen molar-refractivity contribution in [1.29, 1.82) is 0 Å². The van der Waals surface area contributed by atoms with Crippen molar-refractivity contribution in [3.63, 3.8) is 0 Å². The van der Waals surface area contributed by atoms with Crippen molar-refractivity contribution in [2.75, 3.05) is 19.0 Å². The number of carboxylic acid groups (broad SMARTS) is 2. The number of esters is 1. The van der Waals surface area contributed by atoms with Gasteiger partial charge in [-0.1, -0.05) is 12.1 Å². The van der Waals surface area contributed by atoms with Crippen LogP contribution in [0.4, 0.5) is 0 Å². The quantitative estimate of drug-likeness (QED) is 0.0910. The summed E-state index contributed by atoms with van der Waals surface area (Å²) in [6, 6.07) is 4.40. The van der Waals surface area contributed by atoms with E-state index < -0.39 is 82.2 Å². The third kappa shape index (κ3) is 6.59. The third-order valence-corrected chi connectivity index (χ3v) is 8.56. The molecule has 3 atom stereocenters. The molecule has 250 valence electrons. The van der Waals surface area contributed by atoms with Gasteiger partial charge in [0.15, 0.2) is 18.1 Å². The van der Waals surface area contributed by atoms with E-state index in [0.29, 0.717) is 0 Å². The zero-order valence-corrected chi connectivity index (χ0v) is 25.4. The molecule has 48 heavy (non-hydrogen) atoms. The van der Waals surface area contributed by atoms with Crippen LogP contribution in [0.1, 0.15) is 28.9 Å². The van der Waals surface area contributed by atoms with E-state index in [0.717, 1.165) is 42.0 Å². The monoisotopic (exact) mass is 683 g/mol. The first-order chi connectivity index (χ1) is 22.8. The van der Waals surface area contributed by atoms with Crippen LogP contribution in [0.15, 0.2) is 63.1 Å². The van der Waals surface area contributed by atoms with E-state index in [2.05, 4.69) is 10.6 Å². The number of carbonyl (C=O) groups is 6. The minimum absolute atomic E-state index is 0.0682. The van der Waals surface area contributed by atoms with Crippen LogP contribution in [0.25, 0.3) is 11.0 Å². The first kappa shape index (κ1) is 33.3. The van der Waals surface area contributed by atoms with Crippen molar-refractivity contribution in [2.24, 2.45) is 0 Å². The van der Waals surface area contributed by atoms with Gasteiger partial charge in [0.1, 0.15) is 52.9 Å². The number of nitrogens with zero attached hydrogens (tertiary/aromatic N) is 1. The average Bonchev–Trinajstić information content (AvgIpc) is 3.04. The number of rotatable bonds is 11. The van der Waals surface area contributed by atoms with Crippen LogP contribution in [-0.2, 0) is 28.7 Å². The number of amides is 3. The van der Waals surface area contributed by atoms with Crippen molar-refractivity contribution >= 4 is 58.4 Å². The fourth-order valence-electron chi connectivity index (χ4n) is 4.94. The molecule has 3 aromatic rings. The number of thioether (sulfide) groups is 1. The molecule has 2 aliphatic rings.